The Hall–Kier alpha value is 0.670. The van der Waals surface area contributed by atoms with Gasteiger partial charge < -0.3 is 5.32 Å². The van der Waals surface area contributed by atoms with E-state index < -0.39 is 0 Å². The lowest BCUT2D eigenvalue weighted by Crippen LogP contribution is -2.09. The van der Waals surface area contributed by atoms with Gasteiger partial charge in [0.25, 0.3) is 0 Å². The molecular formula is C5H11FNPS. The summed E-state index contributed by atoms with van der Waals surface area (Å²) in [6.07, 6.45) is 2.32. The van der Waals surface area contributed by atoms with Crippen molar-refractivity contribution in [2.24, 2.45) is 0 Å². The number of hydrogen-bond acceptors (Lipinski definition) is 2. The maximum atomic E-state index is 11.8. The lowest BCUT2D eigenvalue weighted by Gasteiger charge is -1.93. The zero-order chi connectivity index (χ0) is 6.69. The fourth-order valence-electron chi connectivity index (χ4n) is 0.791. The second-order valence-electron chi connectivity index (χ2n) is 2.21. The molecule has 1 aliphatic heterocycles. The molecule has 0 spiro atoms. The van der Waals surface area contributed by atoms with Crippen molar-refractivity contribution in [2.45, 2.75) is 12.1 Å². The van der Waals surface area contributed by atoms with Gasteiger partial charge in [-0.05, 0) is 39.0 Å². The first-order chi connectivity index (χ1) is 4.38. The van der Waals surface area contributed by atoms with Crippen LogP contribution in [0.2, 0.25) is 0 Å². The summed E-state index contributed by atoms with van der Waals surface area (Å²) in [4.78, 5) is 0. The lowest BCUT2D eigenvalue weighted by molar-refractivity contribution is 0.744. The van der Waals surface area contributed by atoms with Crippen LogP contribution in [0.5, 0.6) is 0 Å². The zero-order valence-electron chi connectivity index (χ0n) is 5.43. The first-order valence-electron chi connectivity index (χ1n) is 3.08. The fourth-order valence-corrected chi connectivity index (χ4v) is 3.82. The Labute approximate surface area is 60.6 Å². The zero-order valence-corrected chi connectivity index (χ0v) is 7.14. The Morgan fingerprint density at radius 1 is 1.89 bits per heavy atom. The molecule has 0 saturated carbocycles. The van der Waals surface area contributed by atoms with E-state index in [0.717, 1.165) is 18.4 Å². The van der Waals surface area contributed by atoms with Crippen LogP contribution in [0.1, 0.15) is 6.42 Å². The van der Waals surface area contributed by atoms with E-state index in [1.165, 1.54) is 6.42 Å². The SMILES string of the molecule is CNCCC1CP1SF. The first-order valence-corrected chi connectivity index (χ1v) is 6.00. The molecule has 2 atom stereocenters. The van der Waals surface area contributed by atoms with Crippen LogP contribution in [0.3, 0.4) is 0 Å². The van der Waals surface area contributed by atoms with E-state index in [2.05, 4.69) is 5.32 Å². The van der Waals surface area contributed by atoms with Gasteiger partial charge in [-0.25, -0.2) is 0 Å². The summed E-state index contributed by atoms with van der Waals surface area (Å²) in [6, 6.07) is 0. The van der Waals surface area contributed by atoms with Gasteiger partial charge in [-0.2, -0.15) is 3.89 Å². The Kier molecular flexibility index (Phi) is 3.23. The van der Waals surface area contributed by atoms with Crippen molar-refractivity contribution in [1.82, 2.24) is 5.32 Å². The fraction of sp³-hybridized carbons (Fsp3) is 1.00. The number of hydrogen-bond donors (Lipinski definition) is 1. The first kappa shape index (κ1) is 7.77. The molecule has 54 valence electrons. The summed E-state index contributed by atoms with van der Waals surface area (Å²) in [7, 11) is 1.72. The molecular weight excluding hydrogens is 156 g/mol. The van der Waals surface area contributed by atoms with Crippen LogP contribution in [0.15, 0.2) is 0 Å². The van der Waals surface area contributed by atoms with Crippen LogP contribution in [-0.2, 0) is 0 Å². The average molecular weight is 167 g/mol. The van der Waals surface area contributed by atoms with Crippen molar-refractivity contribution in [1.29, 1.82) is 0 Å². The monoisotopic (exact) mass is 167 g/mol. The normalized spacial score (nSPS) is 32.7. The molecule has 9 heavy (non-hydrogen) atoms. The predicted molar refractivity (Wildman–Crippen MR) is 42.8 cm³/mol. The largest absolute Gasteiger partial charge is 0.320 e. The smallest absolute Gasteiger partial charge is 0.0705 e. The molecule has 0 radical (unpaired) electrons. The molecule has 1 rings (SSSR count). The molecule has 0 bridgehead atoms. The summed E-state index contributed by atoms with van der Waals surface area (Å²) in [5.74, 6) is 0. The van der Waals surface area contributed by atoms with Gasteiger partial charge in [0.1, 0.15) is 0 Å². The van der Waals surface area contributed by atoms with Crippen molar-refractivity contribution < 1.29 is 3.89 Å². The van der Waals surface area contributed by atoms with Crippen molar-refractivity contribution in [3.63, 3.8) is 0 Å². The third-order valence-electron chi connectivity index (χ3n) is 1.48. The molecule has 0 aromatic carbocycles. The molecule has 0 aromatic rings. The Morgan fingerprint density at radius 2 is 2.67 bits per heavy atom. The summed E-state index contributed by atoms with van der Waals surface area (Å²) in [5.41, 5.74) is 0.724. The van der Waals surface area contributed by atoms with Crippen molar-refractivity contribution in [3.8, 4) is 0 Å². The van der Waals surface area contributed by atoms with Crippen LogP contribution < -0.4 is 5.32 Å². The molecule has 1 saturated heterocycles. The second-order valence-corrected chi connectivity index (χ2v) is 6.10. The summed E-state index contributed by atoms with van der Waals surface area (Å²) in [5, 5.41) is 3.06. The maximum Gasteiger partial charge on any atom is 0.0705 e. The topological polar surface area (TPSA) is 12.0 Å². The average Bonchev–Trinajstić information content (AvgIpc) is 2.62. The van der Waals surface area contributed by atoms with E-state index in [-0.39, 0.29) is 7.12 Å². The standard InChI is InChI=1S/C5H11FNPS/c1-7-3-2-5-4-8(5)9-6/h5,7H,2-4H2,1H3. The van der Waals surface area contributed by atoms with Gasteiger partial charge in [-0.3, -0.25) is 0 Å². The van der Waals surface area contributed by atoms with Crippen LogP contribution >= 0.6 is 18.9 Å². The van der Waals surface area contributed by atoms with E-state index in [1.807, 2.05) is 7.05 Å². The summed E-state index contributed by atoms with van der Waals surface area (Å²) < 4.78 is 11.8. The van der Waals surface area contributed by atoms with Gasteiger partial charge in [0.05, 0.1) is 11.8 Å². The lowest BCUT2D eigenvalue weighted by atomic mass is 10.3. The van der Waals surface area contributed by atoms with Gasteiger partial charge >= 0.3 is 0 Å². The van der Waals surface area contributed by atoms with Crippen LogP contribution in [-0.4, -0.2) is 25.4 Å². The minimum Gasteiger partial charge on any atom is -0.320 e. The Bertz CT molecular complexity index is 93.0. The number of nitrogens with one attached hydrogen (secondary N) is 1. The van der Waals surface area contributed by atoms with E-state index in [0.29, 0.717) is 11.8 Å². The Morgan fingerprint density at radius 3 is 3.11 bits per heavy atom. The predicted octanol–water partition coefficient (Wildman–Crippen LogP) is 1.99. The highest BCUT2D eigenvalue weighted by atomic mass is 32.7. The highest BCUT2D eigenvalue weighted by Gasteiger charge is 2.37. The number of halogens is 1. The van der Waals surface area contributed by atoms with Gasteiger partial charge in [0.2, 0.25) is 0 Å². The molecule has 4 heteroatoms. The highest BCUT2D eigenvalue weighted by molar-refractivity contribution is 8.55. The second kappa shape index (κ2) is 3.75. The molecule has 1 N–H and O–H groups in total. The molecule has 1 aliphatic rings. The van der Waals surface area contributed by atoms with Crippen LogP contribution in [0, 0.1) is 0 Å². The molecule has 1 fully saturated rings. The van der Waals surface area contributed by atoms with Crippen LogP contribution in [0.4, 0.5) is 3.89 Å². The van der Waals surface area contributed by atoms with Gasteiger partial charge in [0.15, 0.2) is 0 Å². The molecule has 1 nitrogen and oxygen atoms in total. The van der Waals surface area contributed by atoms with Crippen LogP contribution in [0.25, 0.3) is 0 Å². The molecule has 0 amide bonds. The minimum atomic E-state index is -0.213. The molecule has 0 aliphatic carbocycles. The van der Waals surface area contributed by atoms with Gasteiger partial charge in [-0.15, -0.1) is 0 Å². The third kappa shape index (κ3) is 2.40. The van der Waals surface area contributed by atoms with Crippen molar-refractivity contribution in [3.05, 3.63) is 0 Å². The summed E-state index contributed by atoms with van der Waals surface area (Å²) >= 11 is 0.586. The van der Waals surface area contributed by atoms with E-state index >= 15 is 0 Å². The third-order valence-corrected chi connectivity index (χ3v) is 5.12. The van der Waals surface area contributed by atoms with Crippen molar-refractivity contribution in [2.75, 3.05) is 19.8 Å². The van der Waals surface area contributed by atoms with E-state index in [9.17, 15) is 3.89 Å². The highest BCUT2D eigenvalue weighted by Crippen LogP contribution is 2.70. The molecule has 1 heterocycles. The molecule has 0 aromatic heterocycles. The Balaban J connectivity index is 1.92. The van der Waals surface area contributed by atoms with Gasteiger partial charge in [-0.1, -0.05) is 0 Å². The maximum absolute atomic E-state index is 11.8. The minimum absolute atomic E-state index is 0.213. The van der Waals surface area contributed by atoms with E-state index in [4.69, 9.17) is 0 Å². The number of rotatable bonds is 4. The van der Waals surface area contributed by atoms with Gasteiger partial charge in [0, 0.05) is 0 Å². The quantitative estimate of drug-likeness (QED) is 0.642. The van der Waals surface area contributed by atoms with Crippen molar-refractivity contribution >= 4 is 18.9 Å². The van der Waals surface area contributed by atoms with E-state index in [1.54, 1.807) is 0 Å². The molecule has 2 unspecified atom stereocenters. The summed E-state index contributed by atoms with van der Waals surface area (Å²) in [6.45, 7) is 1.05.